The topological polar surface area (TPSA) is 46.5 Å². The van der Waals surface area contributed by atoms with E-state index in [2.05, 4.69) is 0 Å². The molecule has 0 fully saturated rings. The minimum Gasteiger partial charge on any atom is -0.478 e. The number of rotatable bonds is 3. The first-order valence-electron chi connectivity index (χ1n) is 6.17. The average Bonchev–Trinajstić information content (AvgIpc) is 2.40. The lowest BCUT2D eigenvalue weighted by atomic mass is 10.1. The van der Waals surface area contributed by atoms with Crippen molar-refractivity contribution in [2.75, 3.05) is 0 Å². The molecule has 2 aromatic rings. The summed E-state index contributed by atoms with van der Waals surface area (Å²) in [6.07, 6.45) is 0. The van der Waals surface area contributed by atoms with Gasteiger partial charge in [0, 0.05) is 5.02 Å². The third-order valence-corrected chi connectivity index (χ3v) is 3.49. The number of hydrogen-bond acceptors (Lipinski definition) is 2. The molecule has 0 aromatic heterocycles. The van der Waals surface area contributed by atoms with Gasteiger partial charge < -0.3 is 9.84 Å². The summed E-state index contributed by atoms with van der Waals surface area (Å²) in [4.78, 5) is 11.3. The molecule has 0 saturated heterocycles. The second-order valence-electron chi connectivity index (χ2n) is 4.70. The van der Waals surface area contributed by atoms with Crippen LogP contribution in [-0.4, -0.2) is 11.1 Å². The van der Waals surface area contributed by atoms with E-state index in [-0.39, 0.29) is 5.56 Å². The molecular weight excluding hydrogens is 276 g/mol. The Morgan fingerprint density at radius 3 is 2.40 bits per heavy atom. The predicted octanol–water partition coefficient (Wildman–Crippen LogP) is 4.76. The molecule has 3 nitrogen and oxygen atoms in total. The van der Waals surface area contributed by atoms with Gasteiger partial charge in [0.25, 0.3) is 0 Å². The lowest BCUT2D eigenvalue weighted by Gasteiger charge is -2.15. The van der Waals surface area contributed by atoms with Crippen molar-refractivity contribution in [3.8, 4) is 11.5 Å². The van der Waals surface area contributed by atoms with Crippen LogP contribution < -0.4 is 4.74 Å². The number of aromatic carboxylic acids is 1. The summed E-state index contributed by atoms with van der Waals surface area (Å²) in [5, 5.41) is 9.59. The molecule has 0 atom stereocenters. The van der Waals surface area contributed by atoms with E-state index in [1.54, 1.807) is 12.1 Å². The largest absolute Gasteiger partial charge is 0.478 e. The maximum Gasteiger partial charge on any atom is 0.339 e. The van der Waals surface area contributed by atoms with E-state index in [0.717, 1.165) is 16.7 Å². The Labute approximate surface area is 122 Å². The summed E-state index contributed by atoms with van der Waals surface area (Å²) < 4.78 is 5.83. The molecule has 0 aliphatic heterocycles. The molecule has 0 aliphatic carbocycles. The number of carboxylic acid groups (broad SMARTS) is 1. The van der Waals surface area contributed by atoms with Crippen LogP contribution in [0.15, 0.2) is 30.3 Å². The summed E-state index contributed by atoms with van der Waals surface area (Å²) in [6, 6.07) is 8.54. The zero-order chi connectivity index (χ0) is 14.9. The molecule has 0 amide bonds. The molecule has 0 aliphatic rings. The number of hydrogen-bond donors (Lipinski definition) is 1. The smallest absolute Gasteiger partial charge is 0.339 e. The Morgan fingerprint density at radius 2 is 1.75 bits per heavy atom. The van der Waals surface area contributed by atoms with Crippen LogP contribution in [0.3, 0.4) is 0 Å². The lowest BCUT2D eigenvalue weighted by Crippen LogP contribution is -2.01. The highest BCUT2D eigenvalue weighted by Crippen LogP contribution is 2.33. The normalized spacial score (nSPS) is 10.4. The SMILES string of the molecule is Cc1ccc(C)c(Oc2ccc(Cl)cc2C(=O)O)c1C. The summed E-state index contributed by atoms with van der Waals surface area (Å²) in [6.45, 7) is 5.87. The van der Waals surface area contributed by atoms with E-state index in [9.17, 15) is 9.90 Å². The lowest BCUT2D eigenvalue weighted by molar-refractivity contribution is 0.0694. The summed E-state index contributed by atoms with van der Waals surface area (Å²) in [7, 11) is 0. The minimum atomic E-state index is -1.06. The van der Waals surface area contributed by atoms with Gasteiger partial charge in [0.05, 0.1) is 0 Å². The Bertz CT molecular complexity index is 678. The van der Waals surface area contributed by atoms with Gasteiger partial charge in [0.1, 0.15) is 17.1 Å². The molecule has 0 saturated carbocycles. The second kappa shape index (κ2) is 5.55. The highest BCUT2D eigenvalue weighted by atomic mass is 35.5. The Morgan fingerprint density at radius 1 is 1.10 bits per heavy atom. The maximum absolute atomic E-state index is 11.3. The van der Waals surface area contributed by atoms with Gasteiger partial charge in [-0.1, -0.05) is 23.7 Å². The zero-order valence-corrected chi connectivity index (χ0v) is 12.3. The van der Waals surface area contributed by atoms with Crippen molar-refractivity contribution in [1.29, 1.82) is 0 Å². The standard InChI is InChI=1S/C16H15ClO3/c1-9-4-5-10(2)15(11(9)3)20-14-7-6-12(17)8-13(14)16(18)19/h4-8H,1-3H3,(H,18,19). The highest BCUT2D eigenvalue weighted by Gasteiger charge is 2.15. The Hall–Kier alpha value is -2.00. The first-order chi connectivity index (χ1) is 9.40. The first-order valence-corrected chi connectivity index (χ1v) is 6.55. The monoisotopic (exact) mass is 290 g/mol. The van der Waals surface area contributed by atoms with Crippen molar-refractivity contribution in [3.63, 3.8) is 0 Å². The van der Waals surface area contributed by atoms with E-state index in [1.807, 2.05) is 32.9 Å². The average molecular weight is 291 g/mol. The molecule has 4 heteroatoms. The third kappa shape index (κ3) is 2.78. The maximum atomic E-state index is 11.3. The van der Waals surface area contributed by atoms with Crippen molar-refractivity contribution in [3.05, 3.63) is 57.6 Å². The summed E-state index contributed by atoms with van der Waals surface area (Å²) in [5.74, 6) is -0.0843. The van der Waals surface area contributed by atoms with Crippen LogP contribution in [0.4, 0.5) is 0 Å². The van der Waals surface area contributed by atoms with E-state index < -0.39 is 5.97 Å². The summed E-state index contributed by atoms with van der Waals surface area (Å²) in [5.41, 5.74) is 3.10. The fourth-order valence-electron chi connectivity index (χ4n) is 1.95. The number of aryl methyl sites for hydroxylation is 2. The van der Waals surface area contributed by atoms with Gasteiger partial charge >= 0.3 is 5.97 Å². The number of ether oxygens (including phenoxy) is 1. The van der Waals surface area contributed by atoms with Crippen LogP contribution in [0.1, 0.15) is 27.0 Å². The fourth-order valence-corrected chi connectivity index (χ4v) is 2.12. The number of carboxylic acids is 1. The van der Waals surface area contributed by atoms with Crippen molar-refractivity contribution >= 4 is 17.6 Å². The van der Waals surface area contributed by atoms with Crippen LogP contribution in [0, 0.1) is 20.8 Å². The predicted molar refractivity (Wildman–Crippen MR) is 79.1 cm³/mol. The Balaban J connectivity index is 2.51. The number of halogens is 1. The van der Waals surface area contributed by atoms with E-state index in [0.29, 0.717) is 16.5 Å². The quantitative estimate of drug-likeness (QED) is 0.887. The van der Waals surface area contributed by atoms with Gasteiger partial charge in [-0.05, 0) is 55.7 Å². The van der Waals surface area contributed by atoms with Gasteiger partial charge in [0.2, 0.25) is 0 Å². The van der Waals surface area contributed by atoms with Crippen molar-refractivity contribution < 1.29 is 14.6 Å². The molecule has 0 heterocycles. The number of benzene rings is 2. The molecule has 2 aromatic carbocycles. The number of carbonyl (C=O) groups is 1. The van der Waals surface area contributed by atoms with Crippen LogP contribution in [-0.2, 0) is 0 Å². The van der Waals surface area contributed by atoms with E-state index in [1.165, 1.54) is 6.07 Å². The van der Waals surface area contributed by atoms with Gasteiger partial charge in [-0.2, -0.15) is 0 Å². The molecule has 0 bridgehead atoms. The van der Waals surface area contributed by atoms with Crippen molar-refractivity contribution in [2.24, 2.45) is 0 Å². The van der Waals surface area contributed by atoms with Crippen LogP contribution in [0.5, 0.6) is 11.5 Å². The highest BCUT2D eigenvalue weighted by molar-refractivity contribution is 6.31. The van der Waals surface area contributed by atoms with E-state index >= 15 is 0 Å². The van der Waals surface area contributed by atoms with Gasteiger partial charge in [0.15, 0.2) is 0 Å². The molecule has 104 valence electrons. The van der Waals surface area contributed by atoms with Crippen LogP contribution in [0.25, 0.3) is 0 Å². The molecule has 0 unspecified atom stereocenters. The molecule has 20 heavy (non-hydrogen) atoms. The van der Waals surface area contributed by atoms with Gasteiger partial charge in [-0.15, -0.1) is 0 Å². The second-order valence-corrected chi connectivity index (χ2v) is 5.14. The van der Waals surface area contributed by atoms with Gasteiger partial charge in [-0.25, -0.2) is 4.79 Å². The minimum absolute atomic E-state index is 0.0535. The summed E-state index contributed by atoms with van der Waals surface area (Å²) >= 11 is 5.83. The molecule has 0 radical (unpaired) electrons. The Kier molecular flexibility index (Phi) is 4.00. The molecule has 2 rings (SSSR count). The van der Waals surface area contributed by atoms with E-state index in [4.69, 9.17) is 16.3 Å². The van der Waals surface area contributed by atoms with Gasteiger partial charge in [-0.3, -0.25) is 0 Å². The molecule has 0 spiro atoms. The fraction of sp³-hybridized carbons (Fsp3) is 0.188. The van der Waals surface area contributed by atoms with Crippen LogP contribution in [0.2, 0.25) is 5.02 Å². The molecule has 1 N–H and O–H groups in total. The molecular formula is C16H15ClO3. The zero-order valence-electron chi connectivity index (χ0n) is 11.5. The third-order valence-electron chi connectivity index (χ3n) is 3.26. The van der Waals surface area contributed by atoms with Crippen molar-refractivity contribution in [1.82, 2.24) is 0 Å². The first kappa shape index (κ1) is 14.4. The van der Waals surface area contributed by atoms with Crippen molar-refractivity contribution in [2.45, 2.75) is 20.8 Å². The van der Waals surface area contributed by atoms with Crippen LogP contribution >= 0.6 is 11.6 Å².